The molecule has 3 nitrogen and oxygen atoms in total. The van der Waals surface area contributed by atoms with Crippen molar-refractivity contribution in [1.82, 2.24) is 10.2 Å². The van der Waals surface area contributed by atoms with Crippen LogP contribution in [-0.2, 0) is 11.3 Å². The molecule has 0 radical (unpaired) electrons. The minimum atomic E-state index is 0. The number of hydrogen-bond acceptors (Lipinski definition) is 2. The molecule has 1 saturated heterocycles. The van der Waals surface area contributed by atoms with Crippen LogP contribution in [0, 0.1) is 11.3 Å². The molecule has 2 aliphatic rings. The zero-order valence-electron chi connectivity index (χ0n) is 13.5. The smallest absolute Gasteiger partial charge is 0.226 e. The van der Waals surface area contributed by atoms with Crippen LogP contribution in [0.1, 0.15) is 38.7 Å². The lowest BCUT2D eigenvalue weighted by atomic mass is 9.91. The maximum absolute atomic E-state index is 12.9. The van der Waals surface area contributed by atoms with Gasteiger partial charge in [0.2, 0.25) is 5.91 Å². The molecule has 22 heavy (non-hydrogen) atoms. The number of piperidine rings is 1. The van der Waals surface area contributed by atoms with Crippen molar-refractivity contribution >= 4 is 18.3 Å². The second kappa shape index (κ2) is 7.01. The van der Waals surface area contributed by atoms with Crippen LogP contribution in [0.3, 0.4) is 0 Å². The van der Waals surface area contributed by atoms with Crippen LogP contribution in [0.5, 0.6) is 0 Å². The number of benzene rings is 1. The van der Waals surface area contributed by atoms with E-state index in [1.165, 1.54) is 18.4 Å². The average molecular weight is 323 g/mol. The first-order valence-electron chi connectivity index (χ1n) is 8.17. The van der Waals surface area contributed by atoms with Gasteiger partial charge in [-0.15, -0.1) is 12.4 Å². The molecular weight excluding hydrogens is 296 g/mol. The largest absolute Gasteiger partial charge is 0.336 e. The summed E-state index contributed by atoms with van der Waals surface area (Å²) in [6, 6.07) is 10.6. The van der Waals surface area contributed by atoms with Gasteiger partial charge in [0.05, 0.1) is 0 Å². The summed E-state index contributed by atoms with van der Waals surface area (Å²) in [5.41, 5.74) is 1.55. The number of rotatable bonds is 4. The topological polar surface area (TPSA) is 32.3 Å². The molecule has 3 rings (SSSR count). The van der Waals surface area contributed by atoms with Gasteiger partial charge in [-0.1, -0.05) is 30.3 Å². The fraction of sp³-hybridized carbons (Fsp3) is 0.611. The first kappa shape index (κ1) is 17.3. The minimum Gasteiger partial charge on any atom is -0.336 e. The molecule has 1 amide bonds. The Labute approximate surface area is 139 Å². The highest BCUT2D eigenvalue weighted by molar-refractivity contribution is 5.85. The van der Waals surface area contributed by atoms with E-state index in [0.29, 0.717) is 11.3 Å². The van der Waals surface area contributed by atoms with E-state index in [4.69, 9.17) is 0 Å². The molecule has 0 aromatic heterocycles. The van der Waals surface area contributed by atoms with Crippen LogP contribution in [0.15, 0.2) is 30.3 Å². The van der Waals surface area contributed by atoms with Crippen molar-refractivity contribution in [2.75, 3.05) is 13.1 Å². The second-order valence-electron chi connectivity index (χ2n) is 6.91. The highest BCUT2D eigenvalue weighted by Gasteiger charge is 2.58. The van der Waals surface area contributed by atoms with E-state index >= 15 is 0 Å². The standard InChI is InChI=1S/C18H26N2O.ClH/c1-14(2)20(13-15-6-4-3-5-7-15)17(21)16-12-18(16)8-10-19-11-9-18;/h3-7,14,16,19H,8-13H2,1-2H3;1H. The summed E-state index contributed by atoms with van der Waals surface area (Å²) >= 11 is 0. The van der Waals surface area contributed by atoms with E-state index in [2.05, 4.69) is 36.2 Å². The van der Waals surface area contributed by atoms with Crippen molar-refractivity contribution in [3.05, 3.63) is 35.9 Å². The van der Waals surface area contributed by atoms with Crippen molar-refractivity contribution in [3.63, 3.8) is 0 Å². The summed E-state index contributed by atoms with van der Waals surface area (Å²) < 4.78 is 0. The molecule has 0 bridgehead atoms. The van der Waals surface area contributed by atoms with Crippen molar-refractivity contribution in [1.29, 1.82) is 0 Å². The summed E-state index contributed by atoms with van der Waals surface area (Å²) in [5.74, 6) is 0.640. The predicted molar refractivity (Wildman–Crippen MR) is 92.0 cm³/mol. The number of hydrogen-bond donors (Lipinski definition) is 1. The van der Waals surface area contributed by atoms with Crippen LogP contribution in [0.2, 0.25) is 0 Å². The molecule has 1 aromatic rings. The summed E-state index contributed by atoms with van der Waals surface area (Å²) in [7, 11) is 0. The Morgan fingerprint density at radius 1 is 1.27 bits per heavy atom. The Morgan fingerprint density at radius 3 is 2.50 bits per heavy atom. The molecule has 2 fully saturated rings. The Morgan fingerprint density at radius 2 is 1.91 bits per heavy atom. The van der Waals surface area contributed by atoms with E-state index in [1.54, 1.807) is 0 Å². The van der Waals surface area contributed by atoms with E-state index in [0.717, 1.165) is 26.1 Å². The fourth-order valence-electron chi connectivity index (χ4n) is 3.67. The van der Waals surface area contributed by atoms with Crippen LogP contribution in [0.25, 0.3) is 0 Å². The number of nitrogens with one attached hydrogen (secondary N) is 1. The number of halogens is 1. The first-order chi connectivity index (χ1) is 10.1. The predicted octanol–water partition coefficient (Wildman–Crippen LogP) is 3.24. The molecule has 1 spiro atoms. The molecule has 4 heteroatoms. The Bertz CT molecular complexity index is 497. The SMILES string of the molecule is CC(C)N(Cc1ccccc1)C(=O)C1CC12CCNCC2.Cl. The van der Waals surface area contributed by atoms with Crippen molar-refractivity contribution in [2.45, 2.75) is 45.7 Å². The van der Waals surface area contributed by atoms with E-state index < -0.39 is 0 Å². The van der Waals surface area contributed by atoms with Gasteiger partial charge >= 0.3 is 0 Å². The lowest BCUT2D eigenvalue weighted by Gasteiger charge is -2.30. The van der Waals surface area contributed by atoms with Crippen LogP contribution in [0.4, 0.5) is 0 Å². The van der Waals surface area contributed by atoms with Gasteiger partial charge in [-0.25, -0.2) is 0 Å². The highest BCUT2D eigenvalue weighted by atomic mass is 35.5. The molecule has 122 valence electrons. The molecular formula is C18H27ClN2O. The quantitative estimate of drug-likeness (QED) is 0.923. The maximum Gasteiger partial charge on any atom is 0.226 e. The van der Waals surface area contributed by atoms with Gasteiger partial charge in [-0.05, 0) is 57.2 Å². The van der Waals surface area contributed by atoms with Crippen LogP contribution < -0.4 is 5.32 Å². The molecule has 1 unspecified atom stereocenters. The van der Waals surface area contributed by atoms with Gasteiger partial charge < -0.3 is 10.2 Å². The molecule has 1 aromatic carbocycles. The molecule has 1 atom stereocenters. The minimum absolute atomic E-state index is 0. The number of carbonyl (C=O) groups is 1. The summed E-state index contributed by atoms with van der Waals surface area (Å²) in [6.07, 6.45) is 3.44. The monoisotopic (exact) mass is 322 g/mol. The third-order valence-electron chi connectivity index (χ3n) is 5.19. The van der Waals surface area contributed by atoms with Crippen molar-refractivity contribution in [3.8, 4) is 0 Å². The zero-order chi connectivity index (χ0) is 14.9. The Hall–Kier alpha value is -1.06. The first-order valence-corrected chi connectivity index (χ1v) is 8.17. The molecule has 1 aliphatic heterocycles. The van der Waals surface area contributed by atoms with E-state index in [9.17, 15) is 4.79 Å². The second-order valence-corrected chi connectivity index (χ2v) is 6.91. The van der Waals surface area contributed by atoms with Gasteiger partial charge in [0.1, 0.15) is 0 Å². The lowest BCUT2D eigenvalue weighted by molar-refractivity contribution is -0.136. The zero-order valence-corrected chi connectivity index (χ0v) is 14.4. The Kier molecular flexibility index (Phi) is 5.51. The molecule has 1 saturated carbocycles. The van der Waals surface area contributed by atoms with Gasteiger partial charge in [0.25, 0.3) is 0 Å². The van der Waals surface area contributed by atoms with Gasteiger partial charge in [-0.3, -0.25) is 4.79 Å². The van der Waals surface area contributed by atoms with Gasteiger partial charge in [-0.2, -0.15) is 0 Å². The highest BCUT2D eigenvalue weighted by Crippen LogP contribution is 2.59. The van der Waals surface area contributed by atoms with Gasteiger partial charge in [0, 0.05) is 18.5 Å². The normalized spacial score (nSPS) is 22.2. The van der Waals surface area contributed by atoms with E-state index in [1.807, 2.05) is 18.2 Å². The number of nitrogens with zero attached hydrogens (tertiary/aromatic N) is 1. The van der Waals surface area contributed by atoms with Crippen LogP contribution in [-0.4, -0.2) is 29.9 Å². The summed E-state index contributed by atoms with van der Waals surface area (Å²) in [4.78, 5) is 15.0. The molecule has 1 aliphatic carbocycles. The summed E-state index contributed by atoms with van der Waals surface area (Å²) in [5, 5.41) is 3.41. The third kappa shape index (κ3) is 3.47. The number of carbonyl (C=O) groups excluding carboxylic acids is 1. The fourth-order valence-corrected chi connectivity index (χ4v) is 3.67. The maximum atomic E-state index is 12.9. The van der Waals surface area contributed by atoms with E-state index in [-0.39, 0.29) is 24.4 Å². The van der Waals surface area contributed by atoms with Crippen molar-refractivity contribution < 1.29 is 4.79 Å². The van der Waals surface area contributed by atoms with Crippen LogP contribution >= 0.6 is 12.4 Å². The number of amides is 1. The molecule has 1 N–H and O–H groups in total. The third-order valence-corrected chi connectivity index (χ3v) is 5.19. The van der Waals surface area contributed by atoms with Gasteiger partial charge in [0.15, 0.2) is 0 Å². The molecule has 1 heterocycles. The summed E-state index contributed by atoms with van der Waals surface area (Å²) in [6.45, 7) is 7.13. The Balaban J connectivity index is 0.00000176. The van der Waals surface area contributed by atoms with Crippen molar-refractivity contribution in [2.24, 2.45) is 11.3 Å². The average Bonchev–Trinajstić information content (AvgIpc) is 3.19. The lowest BCUT2D eigenvalue weighted by Crippen LogP contribution is -2.40.